The van der Waals surface area contributed by atoms with Crippen molar-refractivity contribution in [2.45, 2.75) is 19.4 Å². The minimum atomic E-state index is -0.191. The lowest BCUT2D eigenvalue weighted by atomic mass is 10.2. The molecule has 0 heterocycles. The third kappa shape index (κ3) is 5.15. The standard InChI is InChI=1S/C13H20N2O4/c1-9(14)7-13(17)15-10-3-4-11(18-2)12(8-10)19-6-5-16/h3-4,8-9,16H,5-7,14H2,1-2H3,(H,15,17). The first-order valence-electron chi connectivity index (χ1n) is 6.04. The Morgan fingerprint density at radius 3 is 2.79 bits per heavy atom. The van der Waals surface area contributed by atoms with E-state index in [0.29, 0.717) is 17.2 Å². The number of carbonyl (C=O) groups excluding carboxylic acids is 1. The molecule has 0 radical (unpaired) electrons. The highest BCUT2D eigenvalue weighted by atomic mass is 16.5. The van der Waals surface area contributed by atoms with E-state index in [2.05, 4.69) is 5.32 Å². The lowest BCUT2D eigenvalue weighted by molar-refractivity contribution is -0.116. The summed E-state index contributed by atoms with van der Waals surface area (Å²) in [7, 11) is 1.52. The van der Waals surface area contributed by atoms with E-state index >= 15 is 0 Å². The molecule has 1 atom stereocenters. The fourth-order valence-corrected chi connectivity index (χ4v) is 1.53. The van der Waals surface area contributed by atoms with Crippen molar-refractivity contribution in [3.05, 3.63) is 18.2 Å². The molecule has 1 aromatic carbocycles. The Hall–Kier alpha value is -1.79. The van der Waals surface area contributed by atoms with Crippen molar-refractivity contribution in [2.75, 3.05) is 25.6 Å². The van der Waals surface area contributed by atoms with E-state index < -0.39 is 0 Å². The maximum absolute atomic E-state index is 11.6. The second-order valence-corrected chi connectivity index (χ2v) is 4.17. The number of aliphatic hydroxyl groups excluding tert-OH is 1. The summed E-state index contributed by atoms with van der Waals surface area (Å²) in [5.74, 6) is 0.849. The molecule has 4 N–H and O–H groups in total. The van der Waals surface area contributed by atoms with Gasteiger partial charge in [-0.05, 0) is 19.1 Å². The van der Waals surface area contributed by atoms with E-state index in [1.807, 2.05) is 0 Å². The van der Waals surface area contributed by atoms with E-state index in [1.165, 1.54) is 7.11 Å². The van der Waals surface area contributed by atoms with Gasteiger partial charge >= 0.3 is 0 Å². The minimum absolute atomic E-state index is 0.0928. The number of nitrogens with one attached hydrogen (secondary N) is 1. The second-order valence-electron chi connectivity index (χ2n) is 4.17. The number of hydrogen-bond donors (Lipinski definition) is 3. The number of ether oxygens (including phenoxy) is 2. The molecule has 6 nitrogen and oxygen atoms in total. The van der Waals surface area contributed by atoms with Gasteiger partial charge in [-0.1, -0.05) is 0 Å². The van der Waals surface area contributed by atoms with Crippen LogP contribution in [-0.4, -0.2) is 37.4 Å². The van der Waals surface area contributed by atoms with Gasteiger partial charge in [0.1, 0.15) is 6.61 Å². The Labute approximate surface area is 112 Å². The van der Waals surface area contributed by atoms with Gasteiger partial charge in [0.05, 0.1) is 13.7 Å². The number of aliphatic hydroxyl groups is 1. The van der Waals surface area contributed by atoms with Gasteiger partial charge in [-0.3, -0.25) is 4.79 Å². The van der Waals surface area contributed by atoms with Crippen molar-refractivity contribution in [3.8, 4) is 11.5 Å². The molecule has 0 fully saturated rings. The van der Waals surface area contributed by atoms with Gasteiger partial charge in [0.25, 0.3) is 0 Å². The summed E-state index contributed by atoms with van der Waals surface area (Å²) < 4.78 is 10.5. The van der Waals surface area contributed by atoms with Gasteiger partial charge in [0, 0.05) is 24.2 Å². The summed E-state index contributed by atoms with van der Waals surface area (Å²) in [6.07, 6.45) is 0.249. The molecule has 0 aliphatic heterocycles. The lowest BCUT2D eigenvalue weighted by Gasteiger charge is -2.12. The summed E-state index contributed by atoms with van der Waals surface area (Å²) in [5, 5.41) is 11.5. The number of methoxy groups -OCH3 is 1. The van der Waals surface area contributed by atoms with E-state index in [4.69, 9.17) is 20.3 Å². The highest BCUT2D eigenvalue weighted by molar-refractivity contribution is 5.91. The van der Waals surface area contributed by atoms with Gasteiger partial charge in [-0.25, -0.2) is 0 Å². The van der Waals surface area contributed by atoms with Crippen molar-refractivity contribution >= 4 is 11.6 Å². The van der Waals surface area contributed by atoms with Crippen LogP contribution in [0.3, 0.4) is 0 Å². The third-order valence-electron chi connectivity index (χ3n) is 2.30. The molecule has 0 saturated heterocycles. The fraction of sp³-hybridized carbons (Fsp3) is 0.462. The lowest BCUT2D eigenvalue weighted by Crippen LogP contribution is -2.24. The molecule has 19 heavy (non-hydrogen) atoms. The Morgan fingerprint density at radius 2 is 2.21 bits per heavy atom. The molecule has 1 amide bonds. The molecule has 106 valence electrons. The molecule has 0 aromatic heterocycles. The van der Waals surface area contributed by atoms with E-state index in [0.717, 1.165) is 0 Å². The molecule has 0 spiro atoms. The zero-order valence-corrected chi connectivity index (χ0v) is 11.2. The Kier molecular flexibility index (Phi) is 6.11. The first kappa shape index (κ1) is 15.3. The van der Waals surface area contributed by atoms with Crippen LogP contribution < -0.4 is 20.5 Å². The molecule has 0 saturated carbocycles. The highest BCUT2D eigenvalue weighted by Gasteiger charge is 2.09. The van der Waals surface area contributed by atoms with E-state index in [9.17, 15) is 4.79 Å². The number of rotatable bonds is 7. The first-order valence-corrected chi connectivity index (χ1v) is 6.04. The predicted molar refractivity (Wildman–Crippen MR) is 72.5 cm³/mol. The maximum Gasteiger partial charge on any atom is 0.225 e. The van der Waals surface area contributed by atoms with Gasteiger partial charge in [-0.15, -0.1) is 0 Å². The SMILES string of the molecule is COc1ccc(NC(=O)CC(C)N)cc1OCCO. The smallest absolute Gasteiger partial charge is 0.225 e. The largest absolute Gasteiger partial charge is 0.493 e. The molecule has 0 aliphatic carbocycles. The zero-order chi connectivity index (χ0) is 14.3. The van der Waals surface area contributed by atoms with Crippen LogP contribution in [-0.2, 0) is 4.79 Å². The topological polar surface area (TPSA) is 93.8 Å². The first-order chi connectivity index (χ1) is 9.06. The predicted octanol–water partition coefficient (Wildman–Crippen LogP) is 0.742. The number of carbonyl (C=O) groups is 1. The van der Waals surface area contributed by atoms with Crippen molar-refractivity contribution in [2.24, 2.45) is 5.73 Å². The van der Waals surface area contributed by atoms with E-state index in [-0.39, 0.29) is 31.6 Å². The van der Waals surface area contributed by atoms with Gasteiger partial charge in [-0.2, -0.15) is 0 Å². The van der Waals surface area contributed by atoms with Crippen LogP contribution in [0.15, 0.2) is 18.2 Å². The highest BCUT2D eigenvalue weighted by Crippen LogP contribution is 2.30. The fourth-order valence-electron chi connectivity index (χ4n) is 1.53. The number of hydrogen-bond acceptors (Lipinski definition) is 5. The summed E-state index contributed by atoms with van der Waals surface area (Å²) in [6.45, 7) is 1.83. The van der Waals surface area contributed by atoms with Crippen LogP contribution in [0.2, 0.25) is 0 Å². The normalized spacial score (nSPS) is 11.8. The summed E-state index contributed by atoms with van der Waals surface area (Å²) >= 11 is 0. The summed E-state index contributed by atoms with van der Waals surface area (Å²) in [5.41, 5.74) is 6.15. The van der Waals surface area contributed by atoms with Crippen molar-refractivity contribution in [1.29, 1.82) is 0 Å². The molecule has 1 rings (SSSR count). The number of nitrogens with two attached hydrogens (primary N) is 1. The summed E-state index contributed by atoms with van der Waals surface area (Å²) in [4.78, 5) is 11.6. The molecule has 0 aliphatic rings. The molecule has 1 aromatic rings. The third-order valence-corrected chi connectivity index (χ3v) is 2.30. The minimum Gasteiger partial charge on any atom is -0.493 e. The molecular formula is C13H20N2O4. The summed E-state index contributed by atoms with van der Waals surface area (Å²) in [6, 6.07) is 4.86. The zero-order valence-electron chi connectivity index (χ0n) is 11.2. The van der Waals surface area contributed by atoms with Crippen LogP contribution in [0.5, 0.6) is 11.5 Å². The van der Waals surface area contributed by atoms with Crippen molar-refractivity contribution in [1.82, 2.24) is 0 Å². The number of anilines is 1. The monoisotopic (exact) mass is 268 g/mol. The average Bonchev–Trinajstić information content (AvgIpc) is 2.35. The Bertz CT molecular complexity index is 421. The quantitative estimate of drug-likeness (QED) is 0.678. The maximum atomic E-state index is 11.6. The molecule has 6 heteroatoms. The van der Waals surface area contributed by atoms with Crippen LogP contribution in [0, 0.1) is 0 Å². The van der Waals surface area contributed by atoms with Gasteiger partial charge in [0.15, 0.2) is 11.5 Å². The van der Waals surface area contributed by atoms with Crippen molar-refractivity contribution in [3.63, 3.8) is 0 Å². The Balaban J connectivity index is 2.76. The van der Waals surface area contributed by atoms with E-state index in [1.54, 1.807) is 25.1 Å². The molecule has 1 unspecified atom stereocenters. The van der Waals surface area contributed by atoms with Crippen LogP contribution in [0.1, 0.15) is 13.3 Å². The van der Waals surface area contributed by atoms with Crippen LogP contribution in [0.4, 0.5) is 5.69 Å². The average molecular weight is 268 g/mol. The molecular weight excluding hydrogens is 248 g/mol. The molecule has 0 bridgehead atoms. The van der Waals surface area contributed by atoms with Gasteiger partial charge in [0.2, 0.25) is 5.91 Å². The number of amides is 1. The van der Waals surface area contributed by atoms with Crippen LogP contribution in [0.25, 0.3) is 0 Å². The Morgan fingerprint density at radius 1 is 1.47 bits per heavy atom. The number of benzene rings is 1. The second kappa shape index (κ2) is 7.60. The van der Waals surface area contributed by atoms with Gasteiger partial charge < -0.3 is 25.6 Å². The van der Waals surface area contributed by atoms with Crippen LogP contribution >= 0.6 is 0 Å². The van der Waals surface area contributed by atoms with Crippen molar-refractivity contribution < 1.29 is 19.4 Å².